The van der Waals surface area contributed by atoms with Crippen LogP contribution in [0.15, 0.2) is 12.3 Å². The van der Waals surface area contributed by atoms with E-state index >= 15 is 0 Å². The van der Waals surface area contributed by atoms with Crippen LogP contribution in [-0.2, 0) is 6.54 Å². The van der Waals surface area contributed by atoms with Crippen LogP contribution in [0.3, 0.4) is 0 Å². The van der Waals surface area contributed by atoms with Crippen molar-refractivity contribution in [2.75, 3.05) is 0 Å². The lowest BCUT2D eigenvalue weighted by atomic mass is 10.1. The lowest BCUT2D eigenvalue weighted by Gasteiger charge is -2.07. The molecular formula is C5H4BF3N2. The second-order valence-corrected chi connectivity index (χ2v) is 2.03. The van der Waals surface area contributed by atoms with Gasteiger partial charge in [0.05, 0.1) is 0 Å². The molecule has 0 unspecified atom stereocenters. The van der Waals surface area contributed by atoms with Crippen LogP contribution in [0.5, 0.6) is 0 Å². The van der Waals surface area contributed by atoms with E-state index in [1.807, 2.05) is 0 Å². The molecule has 0 saturated carbocycles. The summed E-state index contributed by atoms with van der Waals surface area (Å²) in [5.41, 5.74) is 0.0160. The van der Waals surface area contributed by atoms with Crippen molar-refractivity contribution >= 4 is 13.4 Å². The van der Waals surface area contributed by atoms with E-state index in [4.69, 9.17) is 7.85 Å². The molecule has 2 nitrogen and oxygen atoms in total. The van der Waals surface area contributed by atoms with Gasteiger partial charge in [0.2, 0.25) is 0 Å². The maximum Gasteiger partial charge on any atom is 0.407 e. The summed E-state index contributed by atoms with van der Waals surface area (Å²) in [7, 11) is 5.15. The van der Waals surface area contributed by atoms with Crippen molar-refractivity contribution in [1.82, 2.24) is 9.78 Å². The summed E-state index contributed by atoms with van der Waals surface area (Å²) in [6.07, 6.45) is -3.04. The number of halogens is 3. The zero-order chi connectivity index (χ0) is 8.48. The Balaban J connectivity index is 2.72. The Hall–Kier alpha value is -0.935. The summed E-state index contributed by atoms with van der Waals surface area (Å²) in [6, 6.07) is 1.31. The zero-order valence-corrected chi connectivity index (χ0v) is 5.47. The third-order valence-electron chi connectivity index (χ3n) is 1.08. The number of hydrogen-bond donors (Lipinski definition) is 0. The maximum absolute atomic E-state index is 11.7. The summed E-state index contributed by atoms with van der Waals surface area (Å²) in [5, 5.41) is 3.37. The molecule has 0 amide bonds. The SMILES string of the molecule is [B]c1ccnn1CC(F)(F)F. The lowest BCUT2D eigenvalue weighted by Crippen LogP contribution is -2.26. The molecule has 1 aromatic heterocycles. The molecule has 0 aromatic carbocycles. The average molecular weight is 160 g/mol. The molecular weight excluding hydrogens is 156 g/mol. The second kappa shape index (κ2) is 2.60. The Labute approximate surface area is 62.4 Å². The Morgan fingerprint density at radius 2 is 2.18 bits per heavy atom. The minimum absolute atomic E-state index is 0.0160. The lowest BCUT2D eigenvalue weighted by molar-refractivity contribution is -0.142. The van der Waals surface area contributed by atoms with E-state index in [0.717, 1.165) is 0 Å². The highest BCUT2D eigenvalue weighted by atomic mass is 19.4. The molecule has 11 heavy (non-hydrogen) atoms. The van der Waals surface area contributed by atoms with Crippen LogP contribution in [0, 0.1) is 0 Å². The van der Waals surface area contributed by atoms with Gasteiger partial charge in [-0.2, -0.15) is 18.3 Å². The van der Waals surface area contributed by atoms with Gasteiger partial charge in [-0.15, -0.1) is 0 Å². The van der Waals surface area contributed by atoms with Crippen molar-refractivity contribution in [3.63, 3.8) is 0 Å². The fraction of sp³-hybridized carbons (Fsp3) is 0.400. The molecule has 0 fully saturated rings. The van der Waals surface area contributed by atoms with E-state index in [1.165, 1.54) is 12.3 Å². The summed E-state index contributed by atoms with van der Waals surface area (Å²) in [5.74, 6) is 0. The Morgan fingerprint density at radius 1 is 1.55 bits per heavy atom. The van der Waals surface area contributed by atoms with Gasteiger partial charge in [0.1, 0.15) is 14.4 Å². The fourth-order valence-electron chi connectivity index (χ4n) is 0.645. The predicted octanol–water partition coefficient (Wildman–Crippen LogP) is 0.239. The van der Waals surface area contributed by atoms with Crippen LogP contribution < -0.4 is 5.59 Å². The van der Waals surface area contributed by atoms with E-state index in [1.54, 1.807) is 0 Å². The van der Waals surface area contributed by atoms with Gasteiger partial charge in [-0.1, -0.05) is 0 Å². The first-order valence-electron chi connectivity index (χ1n) is 2.83. The molecule has 0 aliphatic carbocycles. The van der Waals surface area contributed by atoms with Crippen molar-refractivity contribution < 1.29 is 13.2 Å². The summed E-state index contributed by atoms with van der Waals surface area (Å²) in [4.78, 5) is 0. The number of nitrogens with zero attached hydrogens (tertiary/aromatic N) is 2. The molecule has 0 bridgehead atoms. The monoisotopic (exact) mass is 160 g/mol. The van der Waals surface area contributed by atoms with Crippen molar-refractivity contribution in [2.24, 2.45) is 0 Å². The molecule has 0 saturated heterocycles. The van der Waals surface area contributed by atoms with Crippen LogP contribution >= 0.6 is 0 Å². The smallest absolute Gasteiger partial charge is 0.271 e. The summed E-state index contributed by atoms with van der Waals surface area (Å²) < 4.78 is 35.7. The van der Waals surface area contributed by atoms with Gasteiger partial charge in [0.15, 0.2) is 0 Å². The van der Waals surface area contributed by atoms with Crippen molar-refractivity contribution in [1.29, 1.82) is 0 Å². The predicted molar refractivity (Wildman–Crippen MR) is 33.7 cm³/mol. The molecule has 0 N–H and O–H groups in total. The largest absolute Gasteiger partial charge is 0.407 e. The first-order chi connectivity index (χ1) is 4.99. The van der Waals surface area contributed by atoms with Crippen molar-refractivity contribution in [2.45, 2.75) is 12.7 Å². The third-order valence-corrected chi connectivity index (χ3v) is 1.08. The van der Waals surface area contributed by atoms with Gasteiger partial charge in [-0.25, -0.2) is 0 Å². The Kier molecular flexibility index (Phi) is 1.93. The minimum Gasteiger partial charge on any atom is -0.271 e. The van der Waals surface area contributed by atoms with Gasteiger partial charge in [0.25, 0.3) is 0 Å². The molecule has 1 rings (SSSR count). The Bertz CT molecular complexity index is 242. The zero-order valence-electron chi connectivity index (χ0n) is 5.47. The molecule has 1 aromatic rings. The number of hydrogen-bond acceptors (Lipinski definition) is 1. The summed E-state index contributed by atoms with van der Waals surface area (Å²) in [6.45, 7) is -1.13. The summed E-state index contributed by atoms with van der Waals surface area (Å²) >= 11 is 0. The number of aromatic nitrogens is 2. The van der Waals surface area contributed by atoms with Crippen molar-refractivity contribution in [3.8, 4) is 0 Å². The highest BCUT2D eigenvalue weighted by Gasteiger charge is 2.28. The van der Waals surface area contributed by atoms with Gasteiger partial charge in [-0.05, 0) is 11.7 Å². The molecule has 0 spiro atoms. The van der Waals surface area contributed by atoms with Gasteiger partial charge < -0.3 is 0 Å². The third kappa shape index (κ3) is 2.29. The normalized spacial score (nSPS) is 11.9. The quantitative estimate of drug-likeness (QED) is 0.538. The first-order valence-corrected chi connectivity index (χ1v) is 2.83. The van der Waals surface area contributed by atoms with E-state index in [0.29, 0.717) is 4.68 Å². The molecule has 0 atom stereocenters. The fourth-order valence-corrected chi connectivity index (χ4v) is 0.645. The number of rotatable bonds is 1. The highest BCUT2D eigenvalue weighted by molar-refractivity contribution is 6.30. The Morgan fingerprint density at radius 3 is 2.55 bits per heavy atom. The highest BCUT2D eigenvalue weighted by Crippen LogP contribution is 2.15. The van der Waals surface area contributed by atoms with Gasteiger partial charge in [0, 0.05) is 6.20 Å². The van der Waals surface area contributed by atoms with Crippen LogP contribution in [0.4, 0.5) is 13.2 Å². The molecule has 2 radical (unpaired) electrons. The molecule has 0 aliphatic heterocycles. The van der Waals surface area contributed by atoms with Crippen LogP contribution in [0.25, 0.3) is 0 Å². The molecule has 0 aliphatic rings. The average Bonchev–Trinajstić information content (AvgIpc) is 2.12. The second-order valence-electron chi connectivity index (χ2n) is 2.03. The molecule has 6 heteroatoms. The van der Waals surface area contributed by atoms with Crippen LogP contribution in [0.1, 0.15) is 0 Å². The van der Waals surface area contributed by atoms with E-state index < -0.39 is 12.7 Å². The number of alkyl halides is 3. The first kappa shape index (κ1) is 8.16. The van der Waals surface area contributed by atoms with Crippen molar-refractivity contribution in [3.05, 3.63) is 12.3 Å². The maximum atomic E-state index is 11.7. The topological polar surface area (TPSA) is 17.8 Å². The molecule has 58 valence electrons. The van der Waals surface area contributed by atoms with Crippen LogP contribution in [-0.4, -0.2) is 23.8 Å². The minimum atomic E-state index is -4.26. The van der Waals surface area contributed by atoms with Crippen LogP contribution in [0.2, 0.25) is 0 Å². The van der Waals surface area contributed by atoms with E-state index in [-0.39, 0.29) is 5.59 Å². The van der Waals surface area contributed by atoms with Gasteiger partial charge >= 0.3 is 6.18 Å². The van der Waals surface area contributed by atoms with Gasteiger partial charge in [-0.3, -0.25) is 4.68 Å². The molecule has 1 heterocycles. The standard InChI is InChI=1S/C5H4BF3N2/c6-4-1-2-10-11(4)3-5(7,8)9/h1-2H,3H2. The van der Waals surface area contributed by atoms with E-state index in [2.05, 4.69) is 5.10 Å². The van der Waals surface area contributed by atoms with E-state index in [9.17, 15) is 13.2 Å².